The number of ether oxygens (including phenoxy) is 1. The standard InChI is InChI=1S/C25H30Cl2N4O2/c1-25(2,3)33-24(32)28-15-19-8-6-7-13-30(19)23-29-21-9-4-5-10-22(21)31(23)16-17-11-12-18(26)14-20(17)27/h4-5,9-12,14,19H,6-8,13,15-16H2,1-3H3,(H,28,32). The van der Waals surface area contributed by atoms with Crippen molar-refractivity contribution >= 4 is 46.3 Å². The second kappa shape index (κ2) is 9.82. The number of anilines is 1. The van der Waals surface area contributed by atoms with E-state index in [1.165, 1.54) is 0 Å². The lowest BCUT2D eigenvalue weighted by Gasteiger charge is -2.37. The van der Waals surface area contributed by atoms with E-state index >= 15 is 0 Å². The van der Waals surface area contributed by atoms with Gasteiger partial charge in [-0.2, -0.15) is 0 Å². The fourth-order valence-electron chi connectivity index (χ4n) is 4.25. The number of carbonyl (C=O) groups excluding carboxylic acids is 1. The van der Waals surface area contributed by atoms with Crippen LogP contribution in [0.5, 0.6) is 0 Å². The van der Waals surface area contributed by atoms with E-state index in [2.05, 4.69) is 20.9 Å². The number of alkyl carbamates (subject to hydrolysis) is 1. The topological polar surface area (TPSA) is 59.4 Å². The van der Waals surface area contributed by atoms with Gasteiger partial charge in [0.2, 0.25) is 5.95 Å². The van der Waals surface area contributed by atoms with Crippen molar-refractivity contribution in [3.8, 4) is 0 Å². The Morgan fingerprint density at radius 2 is 1.97 bits per heavy atom. The number of halogens is 2. The summed E-state index contributed by atoms with van der Waals surface area (Å²) in [4.78, 5) is 19.6. The highest BCUT2D eigenvalue weighted by Gasteiger charge is 2.28. The first-order valence-electron chi connectivity index (χ1n) is 11.3. The first-order valence-corrected chi connectivity index (χ1v) is 12.1. The zero-order valence-corrected chi connectivity index (χ0v) is 20.8. The lowest BCUT2D eigenvalue weighted by molar-refractivity contribution is 0.0522. The maximum atomic E-state index is 12.3. The molecule has 1 N–H and O–H groups in total. The molecule has 1 aliphatic rings. The lowest BCUT2D eigenvalue weighted by atomic mass is 10.0. The number of piperidine rings is 1. The molecule has 8 heteroatoms. The summed E-state index contributed by atoms with van der Waals surface area (Å²) < 4.78 is 7.63. The number of hydrogen-bond donors (Lipinski definition) is 1. The monoisotopic (exact) mass is 488 g/mol. The van der Waals surface area contributed by atoms with Gasteiger partial charge in [-0.05, 0) is 69.9 Å². The third-order valence-corrected chi connectivity index (χ3v) is 6.33. The summed E-state index contributed by atoms with van der Waals surface area (Å²) >= 11 is 12.6. The zero-order chi connectivity index (χ0) is 23.6. The van der Waals surface area contributed by atoms with Crippen molar-refractivity contribution in [2.75, 3.05) is 18.0 Å². The highest BCUT2D eigenvalue weighted by atomic mass is 35.5. The third kappa shape index (κ3) is 5.74. The van der Waals surface area contributed by atoms with Crippen molar-refractivity contribution in [2.45, 2.75) is 58.2 Å². The van der Waals surface area contributed by atoms with Gasteiger partial charge in [0.1, 0.15) is 5.60 Å². The van der Waals surface area contributed by atoms with Crippen LogP contribution in [0.15, 0.2) is 42.5 Å². The first-order chi connectivity index (χ1) is 15.7. The van der Waals surface area contributed by atoms with Crippen LogP contribution >= 0.6 is 23.2 Å². The van der Waals surface area contributed by atoms with Gasteiger partial charge in [-0.25, -0.2) is 9.78 Å². The summed E-state index contributed by atoms with van der Waals surface area (Å²) in [5.41, 5.74) is 2.43. The molecule has 2 heterocycles. The molecular formula is C25H30Cl2N4O2. The number of aromatic nitrogens is 2. The van der Waals surface area contributed by atoms with Crippen LogP contribution in [0.3, 0.4) is 0 Å². The zero-order valence-electron chi connectivity index (χ0n) is 19.3. The summed E-state index contributed by atoms with van der Waals surface area (Å²) in [6.45, 7) is 7.55. The Kier molecular flexibility index (Phi) is 7.05. The average Bonchev–Trinajstić information content (AvgIpc) is 3.11. The first kappa shape index (κ1) is 23.7. The van der Waals surface area contributed by atoms with Crippen LogP contribution in [0.25, 0.3) is 11.0 Å². The summed E-state index contributed by atoms with van der Waals surface area (Å²) in [7, 11) is 0. The van der Waals surface area contributed by atoms with E-state index in [4.69, 9.17) is 32.9 Å². The maximum Gasteiger partial charge on any atom is 0.407 e. The fourth-order valence-corrected chi connectivity index (χ4v) is 4.72. The van der Waals surface area contributed by atoms with Gasteiger partial charge in [0.25, 0.3) is 0 Å². The van der Waals surface area contributed by atoms with Crippen LogP contribution in [0.2, 0.25) is 10.0 Å². The van der Waals surface area contributed by atoms with Crippen LogP contribution in [0.4, 0.5) is 10.7 Å². The molecular weight excluding hydrogens is 459 g/mol. The number of hydrogen-bond acceptors (Lipinski definition) is 4. The Morgan fingerprint density at radius 3 is 2.73 bits per heavy atom. The minimum Gasteiger partial charge on any atom is -0.444 e. The summed E-state index contributed by atoms with van der Waals surface area (Å²) in [5.74, 6) is 0.887. The number of benzene rings is 2. The van der Waals surface area contributed by atoms with E-state index in [9.17, 15) is 4.79 Å². The fraction of sp³-hybridized carbons (Fsp3) is 0.440. The van der Waals surface area contributed by atoms with E-state index in [0.717, 1.165) is 48.4 Å². The Morgan fingerprint density at radius 1 is 1.18 bits per heavy atom. The van der Waals surface area contributed by atoms with E-state index in [1.54, 1.807) is 6.07 Å². The Balaban J connectivity index is 1.64. The van der Waals surface area contributed by atoms with Gasteiger partial charge in [0, 0.05) is 29.2 Å². The van der Waals surface area contributed by atoms with Gasteiger partial charge in [0.05, 0.1) is 17.6 Å². The van der Waals surface area contributed by atoms with Gasteiger partial charge in [0.15, 0.2) is 0 Å². The van der Waals surface area contributed by atoms with Crippen LogP contribution in [0, 0.1) is 0 Å². The quantitative estimate of drug-likeness (QED) is 0.459. The number of imidazole rings is 1. The van der Waals surface area contributed by atoms with Gasteiger partial charge in [-0.15, -0.1) is 0 Å². The summed E-state index contributed by atoms with van der Waals surface area (Å²) in [5, 5.41) is 4.20. The Hall–Kier alpha value is -2.44. The molecule has 0 saturated carbocycles. The molecule has 2 aromatic carbocycles. The predicted molar refractivity (Wildman–Crippen MR) is 135 cm³/mol. The molecule has 1 aliphatic heterocycles. The smallest absolute Gasteiger partial charge is 0.407 e. The van der Waals surface area contributed by atoms with Crippen molar-refractivity contribution in [1.82, 2.24) is 14.9 Å². The molecule has 33 heavy (non-hydrogen) atoms. The molecule has 1 atom stereocenters. The van der Waals surface area contributed by atoms with Gasteiger partial charge >= 0.3 is 6.09 Å². The van der Waals surface area contributed by atoms with E-state index < -0.39 is 11.7 Å². The number of rotatable bonds is 5. The van der Waals surface area contributed by atoms with Crippen molar-refractivity contribution in [3.63, 3.8) is 0 Å². The molecule has 0 radical (unpaired) electrons. The predicted octanol–water partition coefficient (Wildman–Crippen LogP) is 6.28. The van der Waals surface area contributed by atoms with Gasteiger partial charge in [-0.3, -0.25) is 0 Å². The molecule has 1 amide bonds. The third-order valence-electron chi connectivity index (χ3n) is 5.74. The number of amides is 1. The number of carbonyl (C=O) groups is 1. The van der Waals surface area contributed by atoms with Crippen LogP contribution < -0.4 is 10.2 Å². The van der Waals surface area contributed by atoms with Gasteiger partial charge in [-0.1, -0.05) is 41.4 Å². The molecule has 176 valence electrons. The molecule has 6 nitrogen and oxygen atoms in total. The van der Waals surface area contributed by atoms with Crippen LogP contribution in [-0.4, -0.2) is 40.4 Å². The molecule has 3 aromatic rings. The maximum absolute atomic E-state index is 12.3. The normalized spacial score (nSPS) is 16.8. The van der Waals surface area contributed by atoms with E-state index in [1.807, 2.05) is 51.1 Å². The SMILES string of the molecule is CC(C)(C)OC(=O)NCC1CCCCN1c1nc2ccccc2n1Cc1ccc(Cl)cc1Cl. The van der Waals surface area contributed by atoms with Crippen molar-refractivity contribution < 1.29 is 9.53 Å². The minimum absolute atomic E-state index is 0.127. The Bertz CT molecular complexity index is 1140. The molecule has 0 aliphatic carbocycles. The highest BCUT2D eigenvalue weighted by Crippen LogP contribution is 2.31. The molecule has 1 unspecified atom stereocenters. The Labute approximate surface area is 204 Å². The van der Waals surface area contributed by atoms with E-state index in [0.29, 0.717) is 23.1 Å². The molecule has 0 spiro atoms. The van der Waals surface area contributed by atoms with Gasteiger partial charge < -0.3 is 19.5 Å². The van der Waals surface area contributed by atoms with Crippen LogP contribution in [-0.2, 0) is 11.3 Å². The summed E-state index contributed by atoms with van der Waals surface area (Å²) in [6.07, 6.45) is 2.77. The lowest BCUT2D eigenvalue weighted by Crippen LogP contribution is -2.48. The second-order valence-corrected chi connectivity index (χ2v) is 10.3. The van der Waals surface area contributed by atoms with Crippen molar-refractivity contribution in [2.24, 2.45) is 0 Å². The van der Waals surface area contributed by atoms with Crippen LogP contribution in [0.1, 0.15) is 45.6 Å². The minimum atomic E-state index is -0.526. The number of fused-ring (bicyclic) bond motifs is 1. The van der Waals surface area contributed by atoms with Crippen molar-refractivity contribution in [3.05, 3.63) is 58.1 Å². The largest absolute Gasteiger partial charge is 0.444 e. The number of nitrogens with one attached hydrogen (secondary N) is 1. The highest BCUT2D eigenvalue weighted by molar-refractivity contribution is 6.35. The number of nitrogens with zero attached hydrogens (tertiary/aromatic N) is 3. The van der Waals surface area contributed by atoms with Crippen molar-refractivity contribution in [1.29, 1.82) is 0 Å². The molecule has 4 rings (SSSR count). The summed E-state index contributed by atoms with van der Waals surface area (Å²) in [6, 6.07) is 13.8. The average molecular weight is 489 g/mol. The molecule has 1 aromatic heterocycles. The van der Waals surface area contributed by atoms with E-state index in [-0.39, 0.29) is 6.04 Å². The second-order valence-electron chi connectivity index (χ2n) is 9.45. The molecule has 1 fully saturated rings. The number of para-hydroxylation sites is 2. The molecule has 1 saturated heterocycles. The molecule has 0 bridgehead atoms.